The van der Waals surface area contributed by atoms with Crippen molar-refractivity contribution in [2.24, 2.45) is 11.7 Å². The molecular formula is C16H30ClN3O4S. The van der Waals surface area contributed by atoms with Crippen molar-refractivity contribution in [3.63, 3.8) is 0 Å². The highest BCUT2D eigenvalue weighted by Gasteiger charge is 2.31. The third kappa shape index (κ3) is 6.42. The van der Waals surface area contributed by atoms with E-state index in [1.165, 1.54) is 0 Å². The summed E-state index contributed by atoms with van der Waals surface area (Å²) in [6, 6.07) is 0. The summed E-state index contributed by atoms with van der Waals surface area (Å²) in [4.78, 5) is 26.0. The van der Waals surface area contributed by atoms with E-state index in [1.807, 2.05) is 0 Å². The van der Waals surface area contributed by atoms with E-state index in [9.17, 15) is 18.0 Å². The van der Waals surface area contributed by atoms with Gasteiger partial charge in [0.15, 0.2) is 9.84 Å². The van der Waals surface area contributed by atoms with Gasteiger partial charge in [-0.15, -0.1) is 12.4 Å². The van der Waals surface area contributed by atoms with Gasteiger partial charge in [-0.1, -0.05) is 12.8 Å². The predicted octanol–water partition coefficient (Wildman–Crippen LogP) is 0.469. The number of hydrogen-bond acceptors (Lipinski definition) is 5. The van der Waals surface area contributed by atoms with Gasteiger partial charge in [0.05, 0.1) is 16.9 Å². The number of nitrogens with zero attached hydrogens (tertiary/aromatic N) is 1. The van der Waals surface area contributed by atoms with Crippen LogP contribution in [0.3, 0.4) is 0 Å². The molecule has 2 rings (SSSR count). The van der Waals surface area contributed by atoms with E-state index in [1.54, 1.807) is 4.90 Å². The highest BCUT2D eigenvalue weighted by atomic mass is 35.5. The number of carbonyl (C=O) groups excluding carboxylic acids is 2. The van der Waals surface area contributed by atoms with E-state index < -0.39 is 9.84 Å². The molecule has 0 spiro atoms. The van der Waals surface area contributed by atoms with Crippen molar-refractivity contribution in [2.45, 2.75) is 50.2 Å². The molecule has 1 saturated heterocycles. The minimum absolute atomic E-state index is 0. The van der Waals surface area contributed by atoms with Crippen LogP contribution in [-0.2, 0) is 19.4 Å². The van der Waals surface area contributed by atoms with Gasteiger partial charge in [-0.05, 0) is 25.7 Å². The molecular weight excluding hydrogens is 366 g/mol. The average Bonchev–Trinajstić information content (AvgIpc) is 3.13. The highest BCUT2D eigenvalue weighted by Crippen LogP contribution is 2.26. The van der Waals surface area contributed by atoms with Gasteiger partial charge in [-0.25, -0.2) is 8.42 Å². The largest absolute Gasteiger partial charge is 0.355 e. The number of carbonyl (C=O) groups is 2. The molecule has 1 atom stereocenters. The maximum absolute atomic E-state index is 12.4. The van der Waals surface area contributed by atoms with E-state index >= 15 is 0 Å². The normalized spacial score (nSPS) is 21.6. The summed E-state index contributed by atoms with van der Waals surface area (Å²) in [5.74, 6) is -0.526. The zero-order valence-corrected chi connectivity index (χ0v) is 16.2. The van der Waals surface area contributed by atoms with Crippen LogP contribution in [0, 0.1) is 5.92 Å². The van der Waals surface area contributed by atoms with Gasteiger partial charge in [0.1, 0.15) is 0 Å². The van der Waals surface area contributed by atoms with Gasteiger partial charge in [0, 0.05) is 32.6 Å². The lowest BCUT2D eigenvalue weighted by Crippen LogP contribution is -2.46. The molecule has 0 aromatic heterocycles. The topological polar surface area (TPSA) is 110 Å². The van der Waals surface area contributed by atoms with Crippen LogP contribution in [-0.4, -0.2) is 62.3 Å². The summed E-state index contributed by atoms with van der Waals surface area (Å²) in [7, 11) is -3.18. The number of nitrogens with one attached hydrogen (secondary N) is 1. The summed E-state index contributed by atoms with van der Waals surface area (Å²) in [5, 5.41) is 2.49. The van der Waals surface area contributed by atoms with Gasteiger partial charge >= 0.3 is 0 Å². The first kappa shape index (κ1) is 22.2. The molecule has 1 aliphatic heterocycles. The highest BCUT2D eigenvalue weighted by molar-refractivity contribution is 7.92. The number of likely N-dealkylation sites (tertiary alicyclic amines) is 1. The summed E-state index contributed by atoms with van der Waals surface area (Å²) >= 11 is 0. The molecule has 7 nitrogen and oxygen atoms in total. The third-order valence-electron chi connectivity index (χ3n) is 5.00. The van der Waals surface area contributed by atoms with Gasteiger partial charge < -0.3 is 16.0 Å². The Balaban J connectivity index is 0.00000312. The minimum atomic E-state index is -3.18. The Kier molecular flexibility index (Phi) is 9.16. The number of rotatable bonds is 7. The van der Waals surface area contributed by atoms with E-state index in [2.05, 4.69) is 5.32 Å². The molecule has 0 radical (unpaired) electrons. The van der Waals surface area contributed by atoms with Gasteiger partial charge in [-0.3, -0.25) is 9.59 Å². The van der Waals surface area contributed by atoms with E-state index in [4.69, 9.17) is 5.73 Å². The molecule has 2 aliphatic rings. The summed E-state index contributed by atoms with van der Waals surface area (Å²) < 4.78 is 24.5. The fourth-order valence-corrected chi connectivity index (χ4v) is 5.40. The zero-order chi connectivity index (χ0) is 17.6. The van der Waals surface area contributed by atoms with Crippen LogP contribution in [0.2, 0.25) is 0 Å². The molecule has 0 bridgehead atoms. The third-order valence-corrected chi connectivity index (χ3v) is 7.26. The second-order valence-electron chi connectivity index (χ2n) is 6.78. The van der Waals surface area contributed by atoms with Crippen molar-refractivity contribution in [1.29, 1.82) is 0 Å². The molecule has 1 saturated carbocycles. The molecule has 2 amide bonds. The number of sulfone groups is 1. The second-order valence-corrected chi connectivity index (χ2v) is 9.18. The summed E-state index contributed by atoms with van der Waals surface area (Å²) in [5.41, 5.74) is 5.38. The Hall–Kier alpha value is -0.860. The summed E-state index contributed by atoms with van der Waals surface area (Å²) in [6.45, 7) is 1.80. The molecule has 146 valence electrons. The monoisotopic (exact) mass is 395 g/mol. The number of halogens is 1. The van der Waals surface area contributed by atoms with Gasteiger partial charge in [0.2, 0.25) is 11.8 Å². The van der Waals surface area contributed by atoms with E-state index in [-0.39, 0.29) is 47.6 Å². The van der Waals surface area contributed by atoms with Crippen molar-refractivity contribution >= 4 is 34.1 Å². The molecule has 1 unspecified atom stereocenters. The van der Waals surface area contributed by atoms with E-state index in [0.29, 0.717) is 26.2 Å². The van der Waals surface area contributed by atoms with Crippen LogP contribution in [0.25, 0.3) is 0 Å². The Labute approximate surface area is 156 Å². The summed E-state index contributed by atoms with van der Waals surface area (Å²) in [6.07, 6.45) is 4.92. The Morgan fingerprint density at radius 2 is 1.80 bits per heavy atom. The molecule has 25 heavy (non-hydrogen) atoms. The fraction of sp³-hybridized carbons (Fsp3) is 0.875. The quantitative estimate of drug-likeness (QED) is 0.651. The minimum Gasteiger partial charge on any atom is -0.355 e. The number of nitrogens with two attached hydrogens (primary N) is 1. The molecule has 1 heterocycles. The molecule has 1 aliphatic carbocycles. The maximum atomic E-state index is 12.4. The average molecular weight is 396 g/mol. The van der Waals surface area contributed by atoms with Crippen molar-refractivity contribution < 1.29 is 18.0 Å². The lowest BCUT2D eigenvalue weighted by molar-refractivity contribution is -0.135. The second kappa shape index (κ2) is 10.3. The Morgan fingerprint density at radius 1 is 1.12 bits per heavy atom. The first-order chi connectivity index (χ1) is 11.4. The fourth-order valence-electron chi connectivity index (χ4n) is 3.56. The zero-order valence-electron chi connectivity index (χ0n) is 14.6. The Bertz CT molecular complexity index is 550. The molecule has 9 heteroatoms. The van der Waals surface area contributed by atoms with Crippen LogP contribution < -0.4 is 11.1 Å². The molecule has 2 fully saturated rings. The first-order valence-electron chi connectivity index (χ1n) is 8.91. The predicted molar refractivity (Wildman–Crippen MR) is 99.3 cm³/mol. The van der Waals surface area contributed by atoms with Crippen LogP contribution in [0.5, 0.6) is 0 Å². The van der Waals surface area contributed by atoms with E-state index in [0.717, 1.165) is 38.5 Å². The SMILES string of the molecule is Cl.NCCNC(=O)C1CCCN(C(=O)CCS(=O)(=O)C2CCCC2)C1. The van der Waals surface area contributed by atoms with Crippen molar-refractivity contribution in [2.75, 3.05) is 31.9 Å². The number of hydrogen-bond donors (Lipinski definition) is 2. The molecule has 0 aromatic carbocycles. The molecule has 3 N–H and O–H groups in total. The van der Waals surface area contributed by atoms with Crippen molar-refractivity contribution in [3.8, 4) is 0 Å². The van der Waals surface area contributed by atoms with Gasteiger partial charge in [0.25, 0.3) is 0 Å². The number of piperidine rings is 1. The molecule has 0 aromatic rings. The van der Waals surface area contributed by atoms with Crippen molar-refractivity contribution in [3.05, 3.63) is 0 Å². The van der Waals surface area contributed by atoms with Crippen molar-refractivity contribution in [1.82, 2.24) is 10.2 Å². The van der Waals surface area contributed by atoms with Crippen LogP contribution in [0.15, 0.2) is 0 Å². The lowest BCUT2D eigenvalue weighted by atomic mass is 9.97. The van der Waals surface area contributed by atoms with Crippen LogP contribution in [0.1, 0.15) is 44.9 Å². The maximum Gasteiger partial charge on any atom is 0.224 e. The van der Waals surface area contributed by atoms with Gasteiger partial charge in [-0.2, -0.15) is 0 Å². The standard InChI is InChI=1S/C16H29N3O4S.ClH/c17-8-9-18-16(21)13-4-3-10-19(12-13)15(20)7-11-24(22,23)14-5-1-2-6-14;/h13-14H,1-12,17H2,(H,18,21);1H. The smallest absolute Gasteiger partial charge is 0.224 e. The Morgan fingerprint density at radius 3 is 2.44 bits per heavy atom. The van der Waals surface area contributed by atoms with Crippen LogP contribution in [0.4, 0.5) is 0 Å². The lowest BCUT2D eigenvalue weighted by Gasteiger charge is -2.32. The van der Waals surface area contributed by atoms with Crippen LogP contribution >= 0.6 is 12.4 Å². The number of amides is 2. The first-order valence-corrected chi connectivity index (χ1v) is 10.6.